The van der Waals surface area contributed by atoms with Crippen LogP contribution in [0.1, 0.15) is 103 Å². The van der Waals surface area contributed by atoms with Crippen LogP contribution in [-0.2, 0) is 9.59 Å². The number of carbonyl (C=O) groups is 2. The highest BCUT2D eigenvalue weighted by molar-refractivity contribution is 5.80. The molecule has 0 aliphatic carbocycles. The topological polar surface area (TPSA) is 66.4 Å². The van der Waals surface area contributed by atoms with E-state index in [1.54, 1.807) is 0 Å². The highest BCUT2D eigenvalue weighted by Crippen LogP contribution is 2.13. The zero-order valence-electron chi connectivity index (χ0n) is 15.1. The summed E-state index contributed by atoms with van der Waals surface area (Å²) in [5, 5.41) is 10.8. The molecule has 0 unspecified atom stereocenters. The van der Waals surface area contributed by atoms with Crippen LogP contribution in [0, 0.1) is 0 Å². The number of hydrogen-bond acceptors (Lipinski definition) is 2. The number of carboxylic acids is 1. The summed E-state index contributed by atoms with van der Waals surface area (Å²) in [7, 11) is 0. The number of aliphatic carboxylic acids is 1. The summed E-state index contributed by atoms with van der Waals surface area (Å²) in [6.07, 6.45) is 18.6. The van der Waals surface area contributed by atoms with E-state index in [2.05, 4.69) is 12.2 Å². The number of unbranched alkanes of at least 4 members (excludes halogenated alkanes) is 13. The molecule has 0 atom stereocenters. The maximum atomic E-state index is 11.3. The van der Waals surface area contributed by atoms with Crippen molar-refractivity contribution in [3.05, 3.63) is 0 Å². The molecule has 0 heterocycles. The van der Waals surface area contributed by atoms with Gasteiger partial charge in [-0.3, -0.25) is 9.59 Å². The molecule has 0 radical (unpaired) electrons. The molecule has 23 heavy (non-hydrogen) atoms. The Hall–Kier alpha value is -1.06. The molecule has 0 aliphatic heterocycles. The molecule has 4 nitrogen and oxygen atoms in total. The second-order valence-corrected chi connectivity index (χ2v) is 6.52. The summed E-state index contributed by atoms with van der Waals surface area (Å²) in [6.45, 7) is 1.99. The number of rotatable bonds is 17. The van der Waals surface area contributed by atoms with E-state index >= 15 is 0 Å². The Bertz CT molecular complexity index is 292. The van der Waals surface area contributed by atoms with Gasteiger partial charge in [0, 0.05) is 6.42 Å². The Labute approximate surface area is 142 Å². The molecule has 136 valence electrons. The van der Waals surface area contributed by atoms with Crippen molar-refractivity contribution in [2.24, 2.45) is 0 Å². The third-order valence-corrected chi connectivity index (χ3v) is 4.19. The Balaban J connectivity index is 3.10. The van der Waals surface area contributed by atoms with Crippen molar-refractivity contribution in [1.82, 2.24) is 5.32 Å². The van der Waals surface area contributed by atoms with Crippen molar-refractivity contribution < 1.29 is 14.7 Å². The van der Waals surface area contributed by atoms with Crippen LogP contribution in [0.25, 0.3) is 0 Å². The van der Waals surface area contributed by atoms with Crippen LogP contribution in [0.2, 0.25) is 0 Å². The SMILES string of the molecule is CCCCCCCCCCCCCCCCC(=O)NCC(=O)O. The fourth-order valence-corrected chi connectivity index (χ4v) is 2.74. The van der Waals surface area contributed by atoms with Gasteiger partial charge >= 0.3 is 5.97 Å². The summed E-state index contributed by atoms with van der Waals surface area (Å²) < 4.78 is 0. The zero-order chi connectivity index (χ0) is 17.2. The van der Waals surface area contributed by atoms with Gasteiger partial charge in [-0.15, -0.1) is 0 Å². The van der Waals surface area contributed by atoms with Crippen molar-refractivity contribution in [3.63, 3.8) is 0 Å². The van der Waals surface area contributed by atoms with E-state index in [1.807, 2.05) is 0 Å². The maximum Gasteiger partial charge on any atom is 0.322 e. The Morgan fingerprint density at radius 2 is 1.09 bits per heavy atom. The van der Waals surface area contributed by atoms with Crippen LogP contribution >= 0.6 is 0 Å². The normalized spacial score (nSPS) is 10.7. The second kappa shape index (κ2) is 17.3. The summed E-state index contributed by atoms with van der Waals surface area (Å²) in [5.74, 6) is -1.13. The highest BCUT2D eigenvalue weighted by atomic mass is 16.4. The molecular formula is C19H37NO3. The summed E-state index contributed by atoms with van der Waals surface area (Å²) >= 11 is 0. The lowest BCUT2D eigenvalue weighted by molar-refractivity contribution is -0.137. The van der Waals surface area contributed by atoms with Crippen molar-refractivity contribution in [3.8, 4) is 0 Å². The molecule has 0 fully saturated rings. The molecule has 2 N–H and O–H groups in total. The number of carbonyl (C=O) groups excluding carboxylic acids is 1. The number of carboxylic acid groups (broad SMARTS) is 1. The van der Waals surface area contributed by atoms with Crippen LogP contribution in [0.5, 0.6) is 0 Å². The van der Waals surface area contributed by atoms with Gasteiger partial charge in [0.25, 0.3) is 0 Å². The number of hydrogen-bond donors (Lipinski definition) is 2. The first-order chi connectivity index (χ1) is 11.2. The Kier molecular flexibility index (Phi) is 16.5. The lowest BCUT2D eigenvalue weighted by Gasteiger charge is -2.04. The third kappa shape index (κ3) is 18.9. The monoisotopic (exact) mass is 327 g/mol. The van der Waals surface area contributed by atoms with Gasteiger partial charge in [0.1, 0.15) is 6.54 Å². The standard InChI is InChI=1S/C19H37NO3/c1-2-3-4-5-6-7-8-9-10-11-12-13-14-15-16-18(21)20-17-19(22)23/h2-17H2,1H3,(H,20,21)(H,22,23). The van der Waals surface area contributed by atoms with Crippen molar-refractivity contribution in [2.45, 2.75) is 103 Å². The van der Waals surface area contributed by atoms with Crippen LogP contribution in [0.4, 0.5) is 0 Å². The molecule has 4 heteroatoms. The second-order valence-electron chi connectivity index (χ2n) is 6.52. The molecule has 0 rings (SSSR count). The van der Waals surface area contributed by atoms with Gasteiger partial charge in [-0.25, -0.2) is 0 Å². The minimum Gasteiger partial charge on any atom is -0.480 e. The first kappa shape index (κ1) is 21.9. The van der Waals surface area contributed by atoms with Crippen LogP contribution in [0.3, 0.4) is 0 Å². The van der Waals surface area contributed by atoms with Crippen LogP contribution in [0.15, 0.2) is 0 Å². The molecule has 0 spiro atoms. The van der Waals surface area contributed by atoms with Gasteiger partial charge < -0.3 is 10.4 Å². The molecule has 0 aromatic heterocycles. The highest BCUT2D eigenvalue weighted by Gasteiger charge is 2.03. The van der Waals surface area contributed by atoms with Gasteiger partial charge in [0.15, 0.2) is 0 Å². The van der Waals surface area contributed by atoms with Gasteiger partial charge in [-0.1, -0.05) is 90.4 Å². The lowest BCUT2D eigenvalue weighted by atomic mass is 10.0. The Morgan fingerprint density at radius 1 is 0.696 bits per heavy atom. The smallest absolute Gasteiger partial charge is 0.322 e. The quantitative estimate of drug-likeness (QED) is 0.367. The van der Waals surface area contributed by atoms with E-state index in [0.29, 0.717) is 6.42 Å². The van der Waals surface area contributed by atoms with E-state index in [0.717, 1.165) is 12.8 Å². The predicted molar refractivity (Wildman–Crippen MR) is 95.6 cm³/mol. The molecule has 0 saturated carbocycles. The lowest BCUT2D eigenvalue weighted by Crippen LogP contribution is -2.28. The van der Waals surface area contributed by atoms with E-state index in [-0.39, 0.29) is 12.5 Å². The van der Waals surface area contributed by atoms with Gasteiger partial charge in [-0.2, -0.15) is 0 Å². The molecule has 0 saturated heterocycles. The van der Waals surface area contributed by atoms with Gasteiger partial charge in [0.05, 0.1) is 0 Å². The fraction of sp³-hybridized carbons (Fsp3) is 0.895. The summed E-state index contributed by atoms with van der Waals surface area (Å²) in [5.41, 5.74) is 0. The first-order valence-corrected chi connectivity index (χ1v) is 9.65. The zero-order valence-corrected chi connectivity index (χ0v) is 15.1. The fourth-order valence-electron chi connectivity index (χ4n) is 2.74. The maximum absolute atomic E-state index is 11.3. The average Bonchev–Trinajstić information content (AvgIpc) is 2.53. The first-order valence-electron chi connectivity index (χ1n) is 9.65. The predicted octanol–water partition coefficient (Wildman–Crippen LogP) is 5.06. The van der Waals surface area contributed by atoms with Crippen molar-refractivity contribution in [1.29, 1.82) is 0 Å². The summed E-state index contributed by atoms with van der Waals surface area (Å²) in [4.78, 5) is 21.6. The Morgan fingerprint density at radius 3 is 1.48 bits per heavy atom. The van der Waals surface area contributed by atoms with Crippen molar-refractivity contribution in [2.75, 3.05) is 6.54 Å². The van der Waals surface area contributed by atoms with Gasteiger partial charge in [-0.05, 0) is 6.42 Å². The molecule has 0 aliphatic rings. The van der Waals surface area contributed by atoms with Crippen molar-refractivity contribution >= 4 is 11.9 Å². The van der Waals surface area contributed by atoms with Gasteiger partial charge in [0.2, 0.25) is 5.91 Å². The molecule has 0 aromatic carbocycles. The number of nitrogens with one attached hydrogen (secondary N) is 1. The molecule has 1 amide bonds. The minimum absolute atomic E-state index is 0.147. The minimum atomic E-state index is -0.987. The van der Waals surface area contributed by atoms with E-state index in [4.69, 9.17) is 5.11 Å². The molecule has 0 aromatic rings. The molecule has 0 bridgehead atoms. The van der Waals surface area contributed by atoms with E-state index in [9.17, 15) is 9.59 Å². The average molecular weight is 328 g/mol. The molecular weight excluding hydrogens is 290 g/mol. The van der Waals surface area contributed by atoms with E-state index in [1.165, 1.54) is 77.0 Å². The largest absolute Gasteiger partial charge is 0.480 e. The summed E-state index contributed by atoms with van der Waals surface area (Å²) in [6, 6.07) is 0. The van der Waals surface area contributed by atoms with Crippen LogP contribution in [-0.4, -0.2) is 23.5 Å². The van der Waals surface area contributed by atoms with Crippen LogP contribution < -0.4 is 5.32 Å². The third-order valence-electron chi connectivity index (χ3n) is 4.19. The van der Waals surface area contributed by atoms with E-state index < -0.39 is 5.97 Å². The number of amides is 1.